The molecule has 0 aliphatic carbocycles. The summed E-state index contributed by atoms with van der Waals surface area (Å²) in [5.41, 5.74) is 9.32. The maximum atomic E-state index is 12.1. The molecule has 0 atom stereocenters. The molecule has 0 spiro atoms. The first kappa shape index (κ1) is 15.8. The topological polar surface area (TPSA) is 90.0 Å². The third kappa shape index (κ3) is 3.52. The average molecular weight is 300 g/mol. The highest BCUT2D eigenvalue weighted by Crippen LogP contribution is 2.12. The molecule has 116 valence electrons. The van der Waals surface area contributed by atoms with Crippen molar-refractivity contribution < 1.29 is 9.59 Å². The number of benzene rings is 1. The molecule has 0 saturated carbocycles. The summed E-state index contributed by atoms with van der Waals surface area (Å²) in [4.78, 5) is 23.2. The molecule has 0 fully saturated rings. The summed E-state index contributed by atoms with van der Waals surface area (Å²) in [6.45, 7) is 4.20. The highest BCUT2D eigenvalue weighted by Gasteiger charge is 2.13. The van der Waals surface area contributed by atoms with Crippen LogP contribution in [-0.4, -0.2) is 21.6 Å². The Hall–Kier alpha value is -2.63. The monoisotopic (exact) mass is 300 g/mol. The molecule has 0 aliphatic rings. The SMILES string of the molecule is Cc1nn(C)c(C)c1CC(=O)NCc1cccc(C(N)=O)c1. The second kappa shape index (κ2) is 6.43. The lowest BCUT2D eigenvalue weighted by atomic mass is 10.1. The molecule has 1 aromatic carbocycles. The lowest BCUT2D eigenvalue weighted by molar-refractivity contribution is -0.120. The van der Waals surface area contributed by atoms with Crippen LogP contribution < -0.4 is 11.1 Å². The van der Waals surface area contributed by atoms with Gasteiger partial charge in [-0.2, -0.15) is 5.10 Å². The number of nitrogens with two attached hydrogens (primary N) is 1. The van der Waals surface area contributed by atoms with Crippen LogP contribution in [-0.2, 0) is 24.8 Å². The fourth-order valence-electron chi connectivity index (χ4n) is 2.33. The van der Waals surface area contributed by atoms with Crippen LogP contribution in [0.2, 0.25) is 0 Å². The number of nitrogens with zero attached hydrogens (tertiary/aromatic N) is 2. The molecule has 6 heteroatoms. The summed E-state index contributed by atoms with van der Waals surface area (Å²) in [6.07, 6.45) is 0.293. The van der Waals surface area contributed by atoms with E-state index in [4.69, 9.17) is 5.73 Å². The Kier molecular flexibility index (Phi) is 4.60. The first-order valence-corrected chi connectivity index (χ1v) is 7.03. The van der Waals surface area contributed by atoms with E-state index in [0.29, 0.717) is 18.5 Å². The van der Waals surface area contributed by atoms with Crippen molar-refractivity contribution in [1.82, 2.24) is 15.1 Å². The van der Waals surface area contributed by atoms with Crippen molar-refractivity contribution >= 4 is 11.8 Å². The minimum absolute atomic E-state index is 0.0799. The first-order chi connectivity index (χ1) is 10.4. The molecule has 22 heavy (non-hydrogen) atoms. The van der Waals surface area contributed by atoms with Crippen molar-refractivity contribution in [3.63, 3.8) is 0 Å². The second-order valence-electron chi connectivity index (χ2n) is 5.29. The number of nitrogens with one attached hydrogen (secondary N) is 1. The van der Waals surface area contributed by atoms with Gasteiger partial charge in [0.2, 0.25) is 11.8 Å². The molecule has 3 N–H and O–H groups in total. The fourth-order valence-corrected chi connectivity index (χ4v) is 2.33. The van der Waals surface area contributed by atoms with Crippen molar-refractivity contribution in [2.24, 2.45) is 12.8 Å². The number of amides is 2. The molecule has 2 rings (SSSR count). The number of hydrogen-bond acceptors (Lipinski definition) is 3. The zero-order valence-corrected chi connectivity index (χ0v) is 13.0. The second-order valence-corrected chi connectivity index (χ2v) is 5.29. The Labute approximate surface area is 129 Å². The average Bonchev–Trinajstić information content (AvgIpc) is 2.72. The predicted octanol–water partition coefficient (Wildman–Crippen LogP) is 0.995. The largest absolute Gasteiger partial charge is 0.366 e. The van der Waals surface area contributed by atoms with Crippen molar-refractivity contribution in [3.8, 4) is 0 Å². The van der Waals surface area contributed by atoms with Crippen LogP contribution in [0.4, 0.5) is 0 Å². The number of carbonyl (C=O) groups excluding carboxylic acids is 2. The van der Waals surface area contributed by atoms with Crippen LogP contribution >= 0.6 is 0 Å². The van der Waals surface area contributed by atoms with Gasteiger partial charge in [-0.05, 0) is 31.5 Å². The Bertz CT molecular complexity index is 719. The first-order valence-electron chi connectivity index (χ1n) is 7.03. The minimum atomic E-state index is -0.477. The van der Waals surface area contributed by atoms with Gasteiger partial charge in [0.05, 0.1) is 12.1 Å². The number of carbonyl (C=O) groups is 2. The maximum Gasteiger partial charge on any atom is 0.248 e. The van der Waals surface area contributed by atoms with E-state index >= 15 is 0 Å². The molecule has 6 nitrogen and oxygen atoms in total. The molecule has 0 aliphatic heterocycles. The summed E-state index contributed by atoms with van der Waals surface area (Å²) >= 11 is 0. The smallest absolute Gasteiger partial charge is 0.248 e. The Morgan fingerprint density at radius 1 is 1.32 bits per heavy atom. The normalized spacial score (nSPS) is 10.5. The van der Waals surface area contributed by atoms with Crippen molar-refractivity contribution in [1.29, 1.82) is 0 Å². The molecule has 0 radical (unpaired) electrons. The molecule has 0 bridgehead atoms. The third-order valence-electron chi connectivity index (χ3n) is 3.70. The fraction of sp³-hybridized carbons (Fsp3) is 0.312. The molecular formula is C16H20N4O2. The van der Waals surface area contributed by atoms with Crippen molar-refractivity contribution in [2.45, 2.75) is 26.8 Å². The third-order valence-corrected chi connectivity index (χ3v) is 3.70. The summed E-state index contributed by atoms with van der Waals surface area (Å²) < 4.78 is 1.77. The van der Waals surface area contributed by atoms with Crippen LogP contribution in [0.1, 0.15) is 32.9 Å². The van der Waals surface area contributed by atoms with Crippen LogP contribution in [0.3, 0.4) is 0 Å². The summed E-state index contributed by atoms with van der Waals surface area (Å²) in [5.74, 6) is -0.557. The van der Waals surface area contributed by atoms with E-state index < -0.39 is 5.91 Å². The highest BCUT2D eigenvalue weighted by atomic mass is 16.1. The van der Waals surface area contributed by atoms with Crippen molar-refractivity contribution in [2.75, 3.05) is 0 Å². The van der Waals surface area contributed by atoms with Gasteiger partial charge in [-0.3, -0.25) is 14.3 Å². The minimum Gasteiger partial charge on any atom is -0.366 e. The standard InChI is InChI=1S/C16H20N4O2/c1-10-14(11(2)20(3)19-10)8-15(21)18-9-12-5-4-6-13(7-12)16(17)22/h4-7H,8-9H2,1-3H3,(H2,17,22)(H,18,21). The lowest BCUT2D eigenvalue weighted by Crippen LogP contribution is -2.25. The summed E-state index contributed by atoms with van der Waals surface area (Å²) in [7, 11) is 1.86. The molecule has 2 amide bonds. The Morgan fingerprint density at radius 3 is 2.64 bits per heavy atom. The Morgan fingerprint density at radius 2 is 2.05 bits per heavy atom. The van der Waals surface area contributed by atoms with Crippen LogP contribution in [0.25, 0.3) is 0 Å². The maximum absolute atomic E-state index is 12.1. The number of primary amides is 1. The quantitative estimate of drug-likeness (QED) is 0.863. The molecular weight excluding hydrogens is 280 g/mol. The van der Waals surface area contributed by atoms with E-state index in [-0.39, 0.29) is 5.91 Å². The molecule has 1 aromatic heterocycles. The number of aromatic nitrogens is 2. The molecule has 2 aromatic rings. The van der Waals surface area contributed by atoms with Gasteiger partial charge in [0.1, 0.15) is 0 Å². The molecule has 0 saturated heterocycles. The van der Waals surface area contributed by atoms with E-state index in [1.807, 2.05) is 27.0 Å². The van der Waals surface area contributed by atoms with E-state index in [1.165, 1.54) is 0 Å². The van der Waals surface area contributed by atoms with Gasteiger partial charge in [0.15, 0.2) is 0 Å². The van der Waals surface area contributed by atoms with Crippen molar-refractivity contribution in [3.05, 3.63) is 52.3 Å². The molecule has 1 heterocycles. The van der Waals surface area contributed by atoms with Gasteiger partial charge >= 0.3 is 0 Å². The van der Waals surface area contributed by atoms with E-state index in [9.17, 15) is 9.59 Å². The zero-order chi connectivity index (χ0) is 16.3. The van der Waals surface area contributed by atoms with E-state index in [2.05, 4.69) is 10.4 Å². The van der Waals surface area contributed by atoms with Gasteiger partial charge < -0.3 is 11.1 Å². The highest BCUT2D eigenvalue weighted by molar-refractivity contribution is 5.92. The number of aryl methyl sites for hydroxylation is 2. The van der Waals surface area contributed by atoms with Gasteiger partial charge in [-0.25, -0.2) is 0 Å². The van der Waals surface area contributed by atoms with Crippen LogP contribution in [0, 0.1) is 13.8 Å². The van der Waals surface area contributed by atoms with Crippen LogP contribution in [0.15, 0.2) is 24.3 Å². The summed E-state index contributed by atoms with van der Waals surface area (Å²) in [5, 5.41) is 7.15. The van der Waals surface area contributed by atoms with Crippen LogP contribution in [0.5, 0.6) is 0 Å². The van der Waals surface area contributed by atoms with E-state index in [0.717, 1.165) is 22.5 Å². The van der Waals surface area contributed by atoms with E-state index in [1.54, 1.807) is 22.9 Å². The van der Waals surface area contributed by atoms with Gasteiger partial charge in [-0.15, -0.1) is 0 Å². The number of hydrogen-bond donors (Lipinski definition) is 2. The van der Waals surface area contributed by atoms with Gasteiger partial charge in [0.25, 0.3) is 0 Å². The predicted molar refractivity (Wildman–Crippen MR) is 83.2 cm³/mol. The van der Waals surface area contributed by atoms with Gasteiger partial charge in [-0.1, -0.05) is 12.1 Å². The number of rotatable bonds is 5. The molecule has 0 unspecified atom stereocenters. The Balaban J connectivity index is 1.98. The van der Waals surface area contributed by atoms with Gasteiger partial charge in [0, 0.05) is 30.4 Å². The zero-order valence-electron chi connectivity index (χ0n) is 13.0. The lowest BCUT2D eigenvalue weighted by Gasteiger charge is -2.07. The summed E-state index contributed by atoms with van der Waals surface area (Å²) in [6, 6.07) is 6.92.